The lowest BCUT2D eigenvalue weighted by molar-refractivity contribution is 0.204. The molecule has 0 atom stereocenters. The van der Waals surface area contributed by atoms with Gasteiger partial charge in [0.25, 0.3) is 0 Å². The van der Waals surface area contributed by atoms with Gasteiger partial charge in [0.2, 0.25) is 0 Å². The normalized spacial score (nSPS) is 17.9. The highest BCUT2D eigenvalue weighted by Crippen LogP contribution is 2.27. The Balaban J connectivity index is 2.56. The molecule has 1 aliphatic rings. The van der Waals surface area contributed by atoms with Crippen molar-refractivity contribution in [1.82, 2.24) is 4.90 Å². The molecule has 0 bridgehead atoms. The van der Waals surface area contributed by atoms with E-state index in [4.69, 9.17) is 0 Å². The quantitative estimate of drug-likeness (QED) is 0.621. The SMILES string of the molecule is C=C(CN(CCC(C)C)C1CCCC1)[B-](F)(F)F. The van der Waals surface area contributed by atoms with Crippen molar-refractivity contribution < 1.29 is 12.9 Å². The van der Waals surface area contributed by atoms with Crippen LogP contribution in [-0.2, 0) is 0 Å². The fourth-order valence-electron chi connectivity index (χ4n) is 2.45. The van der Waals surface area contributed by atoms with Crippen LogP contribution >= 0.6 is 0 Å². The summed E-state index contributed by atoms with van der Waals surface area (Å²) in [6.45, 7) is 3.31. The molecular weight excluding hydrogens is 238 g/mol. The molecule has 18 heavy (non-hydrogen) atoms. The number of rotatable bonds is 7. The van der Waals surface area contributed by atoms with Crippen LogP contribution in [0.3, 0.4) is 0 Å². The van der Waals surface area contributed by atoms with Crippen LogP contribution in [0.4, 0.5) is 12.9 Å². The molecule has 1 rings (SSSR count). The Labute approximate surface area is 108 Å². The maximum Gasteiger partial charge on any atom is 0.506 e. The van der Waals surface area contributed by atoms with E-state index in [1.54, 1.807) is 0 Å². The molecule has 0 aliphatic heterocycles. The van der Waals surface area contributed by atoms with Gasteiger partial charge in [0.1, 0.15) is 0 Å². The maximum atomic E-state index is 12.6. The van der Waals surface area contributed by atoms with Gasteiger partial charge in [-0.25, -0.2) is 0 Å². The van der Waals surface area contributed by atoms with Crippen molar-refractivity contribution in [3.05, 3.63) is 12.1 Å². The highest BCUT2D eigenvalue weighted by molar-refractivity contribution is 6.66. The van der Waals surface area contributed by atoms with E-state index in [0.29, 0.717) is 12.0 Å². The molecule has 0 N–H and O–H groups in total. The highest BCUT2D eigenvalue weighted by atomic mass is 19.4. The number of hydrogen-bond acceptors (Lipinski definition) is 1. The van der Waals surface area contributed by atoms with Gasteiger partial charge >= 0.3 is 6.98 Å². The Bertz CT molecular complexity index is 270. The molecule has 1 saturated carbocycles. The van der Waals surface area contributed by atoms with Gasteiger partial charge in [0, 0.05) is 6.04 Å². The van der Waals surface area contributed by atoms with Gasteiger partial charge in [-0.1, -0.05) is 26.7 Å². The van der Waals surface area contributed by atoms with E-state index in [1.165, 1.54) is 0 Å². The third-order valence-electron chi connectivity index (χ3n) is 3.70. The Morgan fingerprint density at radius 2 is 1.83 bits per heavy atom. The highest BCUT2D eigenvalue weighted by Gasteiger charge is 2.30. The van der Waals surface area contributed by atoms with E-state index in [9.17, 15) is 12.9 Å². The molecule has 0 aromatic carbocycles. The van der Waals surface area contributed by atoms with Crippen molar-refractivity contribution in [1.29, 1.82) is 0 Å². The van der Waals surface area contributed by atoms with Crippen LogP contribution in [0.1, 0.15) is 46.0 Å². The van der Waals surface area contributed by atoms with Crippen LogP contribution in [0.5, 0.6) is 0 Å². The average molecular weight is 262 g/mol. The molecule has 5 heteroatoms. The molecule has 0 radical (unpaired) electrons. The molecule has 1 nitrogen and oxygen atoms in total. The third-order valence-corrected chi connectivity index (χ3v) is 3.70. The van der Waals surface area contributed by atoms with Crippen molar-refractivity contribution in [3.8, 4) is 0 Å². The topological polar surface area (TPSA) is 3.24 Å². The van der Waals surface area contributed by atoms with E-state index in [1.807, 2.05) is 4.90 Å². The number of hydrogen-bond donors (Lipinski definition) is 0. The summed E-state index contributed by atoms with van der Waals surface area (Å²) >= 11 is 0. The Morgan fingerprint density at radius 1 is 1.28 bits per heavy atom. The first kappa shape index (κ1) is 15.6. The number of halogens is 3. The third kappa shape index (κ3) is 5.05. The summed E-state index contributed by atoms with van der Waals surface area (Å²) < 4.78 is 37.9. The van der Waals surface area contributed by atoms with Gasteiger partial charge in [-0.2, -0.15) is 0 Å². The molecule has 0 saturated heterocycles. The summed E-state index contributed by atoms with van der Waals surface area (Å²) in [5.41, 5.74) is -0.550. The summed E-state index contributed by atoms with van der Waals surface area (Å²) in [7, 11) is 0. The summed E-state index contributed by atoms with van der Waals surface area (Å²) in [4.78, 5) is 2.00. The minimum absolute atomic E-state index is 0.000880. The Hall–Kier alpha value is -0.445. The fraction of sp³-hybridized carbons (Fsp3) is 0.846. The molecule has 1 aliphatic carbocycles. The zero-order chi connectivity index (χ0) is 13.8. The van der Waals surface area contributed by atoms with Crippen molar-refractivity contribution >= 4 is 6.98 Å². The summed E-state index contributed by atoms with van der Waals surface area (Å²) in [5, 5.41) is 0. The lowest BCUT2D eigenvalue weighted by Gasteiger charge is -2.33. The van der Waals surface area contributed by atoms with Gasteiger partial charge < -0.3 is 12.9 Å². The Kier molecular flexibility index (Phi) is 5.76. The van der Waals surface area contributed by atoms with Crippen LogP contribution in [-0.4, -0.2) is 31.0 Å². The van der Waals surface area contributed by atoms with Gasteiger partial charge in [-0.05, 0) is 38.3 Å². The summed E-state index contributed by atoms with van der Waals surface area (Å²) in [6.07, 6.45) is 5.32. The second-order valence-electron chi connectivity index (χ2n) is 5.82. The average Bonchev–Trinajstić information content (AvgIpc) is 2.75. The molecule has 106 valence electrons. The van der Waals surface area contributed by atoms with Gasteiger partial charge in [-0.15, -0.1) is 12.1 Å². The van der Waals surface area contributed by atoms with E-state index >= 15 is 0 Å². The van der Waals surface area contributed by atoms with Gasteiger partial charge in [-0.3, -0.25) is 4.90 Å². The van der Waals surface area contributed by atoms with Crippen LogP contribution in [0.15, 0.2) is 12.1 Å². The lowest BCUT2D eigenvalue weighted by Crippen LogP contribution is -2.39. The van der Waals surface area contributed by atoms with Crippen molar-refractivity contribution in [2.75, 3.05) is 13.1 Å². The van der Waals surface area contributed by atoms with Crippen molar-refractivity contribution in [3.63, 3.8) is 0 Å². The first-order valence-corrected chi connectivity index (χ1v) is 6.92. The van der Waals surface area contributed by atoms with Gasteiger partial charge in [0.15, 0.2) is 0 Å². The predicted molar refractivity (Wildman–Crippen MR) is 71.5 cm³/mol. The molecule has 0 heterocycles. The monoisotopic (exact) mass is 262 g/mol. The van der Waals surface area contributed by atoms with Gasteiger partial charge in [0.05, 0.1) is 0 Å². The largest absolute Gasteiger partial charge is 0.506 e. The lowest BCUT2D eigenvalue weighted by atomic mass is 9.80. The van der Waals surface area contributed by atoms with Crippen LogP contribution in [0.2, 0.25) is 0 Å². The van der Waals surface area contributed by atoms with Crippen LogP contribution in [0, 0.1) is 5.92 Å². The Morgan fingerprint density at radius 3 is 2.28 bits per heavy atom. The van der Waals surface area contributed by atoms with E-state index in [2.05, 4.69) is 20.4 Å². The minimum Gasteiger partial charge on any atom is -0.445 e. The molecule has 1 fully saturated rings. The summed E-state index contributed by atoms with van der Waals surface area (Å²) in [5.74, 6) is 0.526. The zero-order valence-corrected chi connectivity index (χ0v) is 11.5. The molecule has 0 aromatic heterocycles. The molecule has 0 aromatic rings. The maximum absolute atomic E-state index is 12.6. The molecule has 0 spiro atoms. The predicted octanol–water partition coefficient (Wildman–Crippen LogP) is 4.22. The van der Waals surface area contributed by atoms with Crippen LogP contribution in [0.25, 0.3) is 0 Å². The van der Waals surface area contributed by atoms with Crippen molar-refractivity contribution in [2.24, 2.45) is 5.92 Å². The van der Waals surface area contributed by atoms with Crippen LogP contribution < -0.4 is 0 Å². The fourth-order valence-corrected chi connectivity index (χ4v) is 2.45. The molecular formula is C13H24BF3N-. The van der Waals surface area contributed by atoms with E-state index < -0.39 is 12.4 Å². The van der Waals surface area contributed by atoms with E-state index in [-0.39, 0.29) is 6.54 Å². The standard InChI is InChI=1S/C13H24BF3N/c1-11(2)8-9-18(13-6-4-5-7-13)10-12(3)14(15,16)17/h11,13H,3-10H2,1-2H3/q-1. The second-order valence-corrected chi connectivity index (χ2v) is 5.82. The second kappa shape index (κ2) is 6.64. The smallest absolute Gasteiger partial charge is 0.445 e. The molecule has 0 amide bonds. The number of nitrogens with zero attached hydrogens (tertiary/aromatic N) is 1. The first-order chi connectivity index (χ1) is 8.30. The summed E-state index contributed by atoms with van der Waals surface area (Å²) in [6, 6.07) is 0.332. The van der Waals surface area contributed by atoms with Crippen molar-refractivity contribution in [2.45, 2.75) is 52.0 Å². The minimum atomic E-state index is -4.89. The first-order valence-electron chi connectivity index (χ1n) is 6.92. The molecule has 0 unspecified atom stereocenters. The zero-order valence-electron chi connectivity index (χ0n) is 11.5. The van der Waals surface area contributed by atoms with E-state index in [0.717, 1.165) is 38.6 Å².